The van der Waals surface area contributed by atoms with E-state index in [1.54, 1.807) is 0 Å². The van der Waals surface area contributed by atoms with Gasteiger partial charge < -0.3 is 19.9 Å². The van der Waals surface area contributed by atoms with Crippen LogP contribution in [0, 0.1) is 5.95 Å². The van der Waals surface area contributed by atoms with Crippen LogP contribution in [0.2, 0.25) is 0 Å². The number of phosphoric acid groups is 1. The van der Waals surface area contributed by atoms with E-state index in [9.17, 15) is 28.1 Å². The number of carbonyl (C=O) groups is 3. The van der Waals surface area contributed by atoms with Crippen molar-refractivity contribution in [1.29, 1.82) is 0 Å². The molecule has 0 unspecified atom stereocenters. The number of phosphoric ester groups is 1. The van der Waals surface area contributed by atoms with E-state index in [0.717, 1.165) is 13.8 Å². The Kier molecular flexibility index (Phi) is 10.2. The Hall–Kier alpha value is -3.23. The molecule has 1 fully saturated rings. The number of nitrogens with zero attached hydrogens (tertiary/aromatic N) is 2. The molecule has 0 saturated carbocycles. The third kappa shape index (κ3) is 7.38. The van der Waals surface area contributed by atoms with Crippen molar-refractivity contribution in [2.24, 2.45) is 5.73 Å². The molecule has 0 aromatic carbocycles. The molecule has 16 heteroatoms. The highest BCUT2D eigenvalue weighted by atomic mass is 31.2. The largest absolute Gasteiger partial charge is 0.475 e. The fourth-order valence-corrected chi connectivity index (χ4v) is 4.24. The van der Waals surface area contributed by atoms with Gasteiger partial charge in [-0.15, -0.1) is 13.2 Å². The maximum absolute atomic E-state index is 14.1. The van der Waals surface area contributed by atoms with Gasteiger partial charge in [0.15, 0.2) is 24.1 Å². The second-order valence-corrected chi connectivity index (χ2v) is 8.78. The molecule has 1 amide bonds. The van der Waals surface area contributed by atoms with Gasteiger partial charge in [-0.1, -0.05) is 12.2 Å². The molecule has 36 heavy (non-hydrogen) atoms. The smallest absolute Gasteiger partial charge is 0.456 e. The molecule has 1 aromatic heterocycles. The van der Waals surface area contributed by atoms with Gasteiger partial charge in [0.05, 0.1) is 26.0 Å². The van der Waals surface area contributed by atoms with E-state index in [0.29, 0.717) is 10.8 Å². The Morgan fingerprint density at radius 2 is 1.69 bits per heavy atom. The molecular weight excluding hydrogens is 508 g/mol. The minimum Gasteiger partial charge on any atom is -0.456 e. The van der Waals surface area contributed by atoms with E-state index < -0.39 is 74.0 Å². The summed E-state index contributed by atoms with van der Waals surface area (Å²) in [5.74, 6) is -4.32. The van der Waals surface area contributed by atoms with Crippen molar-refractivity contribution >= 4 is 25.7 Å². The predicted molar refractivity (Wildman–Crippen MR) is 118 cm³/mol. The molecule has 2 N–H and O–H groups in total. The van der Waals surface area contributed by atoms with Gasteiger partial charge in [0.2, 0.25) is 5.95 Å². The number of nitrogens with two attached hydrogens (primary N) is 1. The number of aromatic nitrogens is 2. The molecule has 0 radical (unpaired) electrons. The van der Waals surface area contributed by atoms with Gasteiger partial charge in [-0.25, -0.2) is 9.55 Å². The van der Waals surface area contributed by atoms with Gasteiger partial charge >= 0.3 is 19.8 Å². The number of hydrogen-bond acceptors (Lipinski definition) is 12. The first-order valence-electron chi connectivity index (χ1n) is 10.3. The number of halogens is 1. The van der Waals surface area contributed by atoms with Crippen molar-refractivity contribution < 1.29 is 51.1 Å². The van der Waals surface area contributed by atoms with E-state index in [-0.39, 0.29) is 13.2 Å². The lowest BCUT2D eigenvalue weighted by molar-refractivity contribution is -0.165. The standard InChI is InChI=1S/C20H25FN3O11P/c1-5-7-30-36(29,31-8-6-2)32-10-13-16(33-11(3)25)17(34-12(4)26)20(35-13)24-9-14(21)23-15(18(22)27)19(24)28/h5-6,9,13,16-17,20H,1-2,7-8,10H2,3-4H3,(H2,22,27)/t13-,16-,17-,20-/m1/s1. The van der Waals surface area contributed by atoms with E-state index in [1.165, 1.54) is 12.2 Å². The van der Waals surface area contributed by atoms with Crippen LogP contribution in [0.1, 0.15) is 30.6 Å². The summed E-state index contributed by atoms with van der Waals surface area (Å²) in [6.07, 6.45) is -2.82. The Morgan fingerprint density at radius 1 is 1.14 bits per heavy atom. The molecule has 1 aliphatic heterocycles. The molecule has 0 aliphatic carbocycles. The molecule has 1 aliphatic rings. The molecule has 198 valence electrons. The summed E-state index contributed by atoms with van der Waals surface area (Å²) in [6, 6.07) is 0. The van der Waals surface area contributed by atoms with Crippen LogP contribution in [0.5, 0.6) is 0 Å². The maximum atomic E-state index is 14.1. The van der Waals surface area contributed by atoms with Crippen LogP contribution in [0.3, 0.4) is 0 Å². The van der Waals surface area contributed by atoms with Gasteiger partial charge in [0.25, 0.3) is 11.5 Å². The third-order valence-electron chi connectivity index (χ3n) is 4.40. The van der Waals surface area contributed by atoms with Gasteiger partial charge in [-0.05, 0) is 0 Å². The zero-order valence-corrected chi connectivity index (χ0v) is 20.3. The number of primary amides is 1. The third-order valence-corrected chi connectivity index (χ3v) is 5.79. The zero-order valence-electron chi connectivity index (χ0n) is 19.4. The molecule has 1 saturated heterocycles. The minimum absolute atomic E-state index is 0.215. The Labute approximate surface area is 204 Å². The van der Waals surface area contributed by atoms with Crippen LogP contribution >= 0.6 is 7.82 Å². The summed E-state index contributed by atoms with van der Waals surface area (Å²) in [4.78, 5) is 51.0. The molecule has 0 bridgehead atoms. The highest BCUT2D eigenvalue weighted by Gasteiger charge is 2.51. The van der Waals surface area contributed by atoms with Crippen LogP contribution < -0.4 is 11.3 Å². The van der Waals surface area contributed by atoms with Gasteiger partial charge in [0.1, 0.15) is 6.10 Å². The van der Waals surface area contributed by atoms with Crippen LogP contribution in [0.25, 0.3) is 0 Å². The van der Waals surface area contributed by atoms with E-state index in [4.69, 9.17) is 33.5 Å². The summed E-state index contributed by atoms with van der Waals surface area (Å²) in [5, 5.41) is 0. The topological polar surface area (TPSA) is 185 Å². The van der Waals surface area contributed by atoms with E-state index in [1.807, 2.05) is 0 Å². The summed E-state index contributed by atoms with van der Waals surface area (Å²) < 4.78 is 59.1. The quantitative estimate of drug-likeness (QED) is 0.214. The number of carbonyl (C=O) groups excluding carboxylic acids is 3. The Bertz CT molecular complexity index is 1110. The molecule has 0 spiro atoms. The van der Waals surface area contributed by atoms with Gasteiger partial charge in [-0.2, -0.15) is 4.39 Å². The summed E-state index contributed by atoms with van der Waals surface area (Å²) in [6.45, 7) is 7.87. The van der Waals surface area contributed by atoms with Crippen molar-refractivity contribution in [3.05, 3.63) is 53.5 Å². The average molecular weight is 533 g/mol. The highest BCUT2D eigenvalue weighted by Crippen LogP contribution is 2.50. The van der Waals surface area contributed by atoms with E-state index >= 15 is 0 Å². The maximum Gasteiger partial charge on any atom is 0.475 e. The second kappa shape index (κ2) is 12.6. The normalized spacial score (nSPS) is 21.5. The monoisotopic (exact) mass is 533 g/mol. The second-order valence-electron chi connectivity index (χ2n) is 7.11. The van der Waals surface area contributed by atoms with Crippen molar-refractivity contribution in [1.82, 2.24) is 9.55 Å². The summed E-state index contributed by atoms with van der Waals surface area (Å²) >= 11 is 0. The number of esters is 2. The van der Waals surface area contributed by atoms with Crippen molar-refractivity contribution in [2.75, 3.05) is 19.8 Å². The fraction of sp³-hybridized carbons (Fsp3) is 0.450. The fourth-order valence-electron chi connectivity index (χ4n) is 3.11. The number of hydrogen-bond donors (Lipinski definition) is 1. The van der Waals surface area contributed by atoms with Crippen molar-refractivity contribution in [3.8, 4) is 0 Å². The van der Waals surface area contributed by atoms with Crippen molar-refractivity contribution in [3.63, 3.8) is 0 Å². The van der Waals surface area contributed by atoms with Crippen LogP contribution in [-0.2, 0) is 41.9 Å². The predicted octanol–water partition coefficient (Wildman–Crippen LogP) is 0.772. The number of rotatable bonds is 13. The molecular formula is C20H25FN3O11P. The van der Waals surface area contributed by atoms with Crippen LogP contribution in [0.4, 0.5) is 4.39 Å². The SMILES string of the molecule is C=CCOP(=O)(OCC=C)OC[C@H]1O[C@@H](n2cc(F)nc(C(N)=O)c2=O)[C@H](OC(C)=O)[C@@H]1OC(C)=O. The first-order valence-corrected chi connectivity index (χ1v) is 11.7. The van der Waals surface area contributed by atoms with E-state index in [2.05, 4.69) is 18.1 Å². The lowest BCUT2D eigenvalue weighted by Crippen LogP contribution is -2.42. The molecule has 2 rings (SSSR count). The summed E-state index contributed by atoms with van der Waals surface area (Å²) in [7, 11) is -4.21. The van der Waals surface area contributed by atoms with Gasteiger partial charge in [-0.3, -0.25) is 37.3 Å². The van der Waals surface area contributed by atoms with Crippen LogP contribution in [-0.4, -0.2) is 65.5 Å². The average Bonchev–Trinajstić information content (AvgIpc) is 3.12. The number of ether oxygens (including phenoxy) is 3. The lowest BCUT2D eigenvalue weighted by Gasteiger charge is -2.24. The molecule has 1 aromatic rings. The Morgan fingerprint density at radius 3 is 2.19 bits per heavy atom. The first kappa shape index (κ1) is 29.0. The van der Waals surface area contributed by atoms with Gasteiger partial charge in [0, 0.05) is 13.8 Å². The zero-order chi connectivity index (χ0) is 27.0. The minimum atomic E-state index is -4.21. The van der Waals surface area contributed by atoms with Crippen LogP contribution in [0.15, 0.2) is 36.3 Å². The molecule has 4 atom stereocenters. The Balaban J connectivity index is 2.48. The lowest BCUT2D eigenvalue weighted by atomic mass is 10.1. The molecule has 14 nitrogen and oxygen atoms in total. The summed E-state index contributed by atoms with van der Waals surface area (Å²) in [5.41, 5.74) is 2.96. The first-order chi connectivity index (χ1) is 16.9. The highest BCUT2D eigenvalue weighted by molar-refractivity contribution is 7.48. The number of amides is 1. The molecule has 2 heterocycles. The van der Waals surface area contributed by atoms with Crippen molar-refractivity contribution in [2.45, 2.75) is 38.4 Å².